The van der Waals surface area contributed by atoms with Crippen LogP contribution in [0.25, 0.3) is 0 Å². The van der Waals surface area contributed by atoms with Crippen molar-refractivity contribution in [3.05, 3.63) is 0 Å². The predicted molar refractivity (Wildman–Crippen MR) is 62.8 cm³/mol. The standard InChI is InChI=1S/C12H24N2O2/c1-8(5-6-15-2)12(14-13)10-7-9-3-4-11(10)16-9/h8-12,14H,3-7,13H2,1-2H3. The zero-order valence-electron chi connectivity index (χ0n) is 10.3. The smallest absolute Gasteiger partial charge is 0.0624 e. The lowest BCUT2D eigenvalue weighted by atomic mass is 9.78. The average Bonchev–Trinajstić information content (AvgIpc) is 2.89. The van der Waals surface area contributed by atoms with Crippen molar-refractivity contribution in [1.82, 2.24) is 5.43 Å². The van der Waals surface area contributed by atoms with Crippen LogP contribution in [0, 0.1) is 11.8 Å². The second-order valence-corrected chi connectivity index (χ2v) is 5.22. The number of ether oxygens (including phenoxy) is 2. The van der Waals surface area contributed by atoms with E-state index in [4.69, 9.17) is 15.3 Å². The van der Waals surface area contributed by atoms with Crippen molar-refractivity contribution in [3.8, 4) is 0 Å². The number of fused-ring (bicyclic) bond motifs is 2. The van der Waals surface area contributed by atoms with Crippen LogP contribution in [0.3, 0.4) is 0 Å². The highest BCUT2D eigenvalue weighted by Gasteiger charge is 2.45. The number of hydrogen-bond acceptors (Lipinski definition) is 4. The van der Waals surface area contributed by atoms with Gasteiger partial charge < -0.3 is 9.47 Å². The van der Waals surface area contributed by atoms with Crippen LogP contribution in [0.1, 0.15) is 32.6 Å². The van der Waals surface area contributed by atoms with E-state index in [0.717, 1.165) is 13.0 Å². The summed E-state index contributed by atoms with van der Waals surface area (Å²) in [4.78, 5) is 0. The number of nitrogens with two attached hydrogens (primary N) is 1. The summed E-state index contributed by atoms with van der Waals surface area (Å²) in [5.74, 6) is 6.84. The first-order valence-corrected chi connectivity index (χ1v) is 6.36. The van der Waals surface area contributed by atoms with Gasteiger partial charge in [0.1, 0.15) is 0 Å². The van der Waals surface area contributed by atoms with Crippen LogP contribution in [-0.2, 0) is 9.47 Å². The Morgan fingerprint density at radius 2 is 2.31 bits per heavy atom. The van der Waals surface area contributed by atoms with Crippen LogP contribution < -0.4 is 11.3 Å². The van der Waals surface area contributed by atoms with Crippen molar-refractivity contribution < 1.29 is 9.47 Å². The summed E-state index contributed by atoms with van der Waals surface area (Å²) < 4.78 is 11.0. The van der Waals surface area contributed by atoms with Gasteiger partial charge in [-0.25, -0.2) is 0 Å². The van der Waals surface area contributed by atoms with E-state index in [0.29, 0.717) is 30.1 Å². The molecule has 2 rings (SSSR count). The Balaban J connectivity index is 1.89. The summed E-state index contributed by atoms with van der Waals surface area (Å²) >= 11 is 0. The maximum absolute atomic E-state index is 5.90. The molecule has 4 nitrogen and oxygen atoms in total. The Morgan fingerprint density at radius 3 is 2.81 bits per heavy atom. The molecule has 0 aromatic carbocycles. The molecule has 0 aliphatic carbocycles. The topological polar surface area (TPSA) is 56.5 Å². The molecule has 16 heavy (non-hydrogen) atoms. The van der Waals surface area contributed by atoms with E-state index < -0.39 is 0 Å². The molecule has 0 spiro atoms. The van der Waals surface area contributed by atoms with Gasteiger partial charge in [0.15, 0.2) is 0 Å². The largest absolute Gasteiger partial charge is 0.385 e. The van der Waals surface area contributed by atoms with E-state index in [-0.39, 0.29) is 0 Å². The van der Waals surface area contributed by atoms with Gasteiger partial charge in [-0.3, -0.25) is 11.3 Å². The van der Waals surface area contributed by atoms with Crippen molar-refractivity contribution in [3.63, 3.8) is 0 Å². The maximum Gasteiger partial charge on any atom is 0.0624 e. The molecule has 2 aliphatic rings. The number of nitrogens with one attached hydrogen (secondary N) is 1. The number of methoxy groups -OCH3 is 1. The molecule has 2 saturated heterocycles. The van der Waals surface area contributed by atoms with Gasteiger partial charge in [-0.15, -0.1) is 0 Å². The van der Waals surface area contributed by atoms with Crippen molar-refractivity contribution >= 4 is 0 Å². The SMILES string of the molecule is COCCC(C)C(NN)C1CC2CCC1O2. The van der Waals surface area contributed by atoms with E-state index in [1.54, 1.807) is 7.11 Å². The van der Waals surface area contributed by atoms with Gasteiger partial charge in [0.25, 0.3) is 0 Å². The van der Waals surface area contributed by atoms with Crippen LogP contribution >= 0.6 is 0 Å². The third-order valence-corrected chi connectivity index (χ3v) is 4.20. The molecule has 0 amide bonds. The monoisotopic (exact) mass is 228 g/mol. The molecule has 0 radical (unpaired) electrons. The third-order valence-electron chi connectivity index (χ3n) is 4.20. The summed E-state index contributed by atoms with van der Waals surface area (Å²) in [7, 11) is 1.75. The minimum Gasteiger partial charge on any atom is -0.385 e. The maximum atomic E-state index is 5.90. The number of rotatable bonds is 6. The Bertz CT molecular complexity index is 225. The lowest BCUT2D eigenvalue weighted by molar-refractivity contribution is 0.0766. The van der Waals surface area contributed by atoms with Gasteiger partial charge in [-0.2, -0.15) is 0 Å². The van der Waals surface area contributed by atoms with E-state index in [1.807, 2.05) is 0 Å². The zero-order valence-corrected chi connectivity index (χ0v) is 10.3. The fourth-order valence-electron chi connectivity index (χ4n) is 3.25. The molecule has 94 valence electrons. The lowest BCUT2D eigenvalue weighted by Gasteiger charge is -2.32. The normalized spacial score (nSPS) is 36.6. The fraction of sp³-hybridized carbons (Fsp3) is 1.00. The van der Waals surface area contributed by atoms with Crippen LogP contribution in [0.4, 0.5) is 0 Å². The Kier molecular flexibility index (Phi) is 4.19. The molecule has 2 bridgehead atoms. The first kappa shape index (κ1) is 12.3. The molecule has 0 aromatic rings. The Morgan fingerprint density at radius 1 is 1.50 bits per heavy atom. The first-order chi connectivity index (χ1) is 7.76. The van der Waals surface area contributed by atoms with Crippen LogP contribution in [0.15, 0.2) is 0 Å². The molecule has 2 heterocycles. The molecule has 5 atom stereocenters. The van der Waals surface area contributed by atoms with E-state index in [9.17, 15) is 0 Å². The molecule has 0 aromatic heterocycles. The van der Waals surface area contributed by atoms with E-state index in [1.165, 1.54) is 19.3 Å². The van der Waals surface area contributed by atoms with Gasteiger partial charge >= 0.3 is 0 Å². The second kappa shape index (κ2) is 5.45. The van der Waals surface area contributed by atoms with Gasteiger partial charge in [0.05, 0.1) is 12.2 Å². The van der Waals surface area contributed by atoms with Gasteiger partial charge in [-0.1, -0.05) is 6.92 Å². The van der Waals surface area contributed by atoms with E-state index in [2.05, 4.69) is 12.3 Å². The van der Waals surface area contributed by atoms with Gasteiger partial charge in [0.2, 0.25) is 0 Å². The molecular formula is C12H24N2O2. The molecular weight excluding hydrogens is 204 g/mol. The van der Waals surface area contributed by atoms with Crippen LogP contribution in [-0.4, -0.2) is 32.0 Å². The summed E-state index contributed by atoms with van der Waals surface area (Å²) in [6.07, 6.45) is 5.63. The van der Waals surface area contributed by atoms with Gasteiger partial charge in [0, 0.05) is 25.7 Å². The first-order valence-electron chi connectivity index (χ1n) is 6.36. The van der Waals surface area contributed by atoms with Crippen molar-refractivity contribution in [2.45, 2.75) is 50.9 Å². The number of hydrogen-bond donors (Lipinski definition) is 2. The molecule has 0 saturated carbocycles. The van der Waals surface area contributed by atoms with Crippen molar-refractivity contribution in [1.29, 1.82) is 0 Å². The van der Waals surface area contributed by atoms with Crippen molar-refractivity contribution in [2.75, 3.05) is 13.7 Å². The molecule has 3 N–H and O–H groups in total. The molecule has 5 unspecified atom stereocenters. The minimum absolute atomic E-state index is 0.366. The van der Waals surface area contributed by atoms with E-state index >= 15 is 0 Å². The van der Waals surface area contributed by atoms with Crippen molar-refractivity contribution in [2.24, 2.45) is 17.7 Å². The minimum atomic E-state index is 0.366. The predicted octanol–water partition coefficient (Wildman–Crippen LogP) is 1.06. The summed E-state index contributed by atoms with van der Waals surface area (Å²) in [6, 6.07) is 0.366. The summed E-state index contributed by atoms with van der Waals surface area (Å²) in [6.45, 7) is 3.05. The second-order valence-electron chi connectivity index (χ2n) is 5.22. The zero-order chi connectivity index (χ0) is 11.5. The molecule has 2 fully saturated rings. The summed E-state index contributed by atoms with van der Waals surface area (Å²) in [5.41, 5.74) is 3.00. The highest BCUT2D eigenvalue weighted by Crippen LogP contribution is 2.41. The van der Waals surface area contributed by atoms with Gasteiger partial charge in [-0.05, 0) is 31.6 Å². The molecule has 4 heteroatoms. The van der Waals surface area contributed by atoms with Crippen LogP contribution in [0.5, 0.6) is 0 Å². The fourth-order valence-corrected chi connectivity index (χ4v) is 3.25. The molecule has 2 aliphatic heterocycles. The Hall–Kier alpha value is -0.160. The quantitative estimate of drug-likeness (QED) is 0.527. The highest BCUT2D eigenvalue weighted by atomic mass is 16.5. The number of hydrazine groups is 1. The summed E-state index contributed by atoms with van der Waals surface area (Å²) in [5, 5.41) is 0. The van der Waals surface area contributed by atoms with Crippen LogP contribution in [0.2, 0.25) is 0 Å². The lowest BCUT2D eigenvalue weighted by Crippen LogP contribution is -2.48. The average molecular weight is 228 g/mol. The highest BCUT2D eigenvalue weighted by molar-refractivity contribution is 4.96. The Labute approximate surface area is 97.8 Å². The third kappa shape index (κ3) is 2.40.